The maximum absolute atomic E-state index is 11.7. The van der Waals surface area contributed by atoms with E-state index in [0.29, 0.717) is 11.6 Å². The first-order valence-electron chi connectivity index (χ1n) is 5.46. The maximum Gasteiger partial charge on any atom is 0.224 e. The van der Waals surface area contributed by atoms with Gasteiger partial charge in [0, 0.05) is 11.6 Å². The van der Waals surface area contributed by atoms with E-state index < -0.39 is 0 Å². The second kappa shape index (κ2) is 4.85. The fraction of sp³-hybridized carbons (Fsp3) is 0.417. The van der Waals surface area contributed by atoms with E-state index in [4.69, 9.17) is 17.3 Å². The zero-order valence-electron chi connectivity index (χ0n) is 8.95. The average Bonchev–Trinajstić information content (AvgIpc) is 2.29. The molecular weight excluding hydrogens is 224 g/mol. The van der Waals surface area contributed by atoms with Crippen LogP contribution in [-0.2, 0) is 4.79 Å². The summed E-state index contributed by atoms with van der Waals surface area (Å²) in [5, 5.41) is 3.68. The molecule has 4 heteroatoms. The van der Waals surface area contributed by atoms with Gasteiger partial charge in [-0.05, 0) is 30.5 Å². The maximum atomic E-state index is 11.7. The monoisotopic (exact) mass is 238 g/mol. The van der Waals surface area contributed by atoms with Crippen LogP contribution in [0.3, 0.4) is 0 Å². The number of hydrogen-bond acceptors (Lipinski definition) is 2. The summed E-state index contributed by atoms with van der Waals surface area (Å²) < 4.78 is 0. The molecule has 86 valence electrons. The third kappa shape index (κ3) is 2.36. The third-order valence-electron chi connectivity index (χ3n) is 3.03. The average molecular weight is 239 g/mol. The van der Waals surface area contributed by atoms with Crippen molar-refractivity contribution in [2.75, 3.05) is 6.54 Å². The van der Waals surface area contributed by atoms with Gasteiger partial charge in [0.2, 0.25) is 5.91 Å². The quantitative estimate of drug-likeness (QED) is 0.827. The Morgan fingerprint density at radius 1 is 1.44 bits per heavy atom. The van der Waals surface area contributed by atoms with Crippen LogP contribution in [0.4, 0.5) is 0 Å². The SMILES string of the molecule is NCC1CCC(c2cccc(Cl)c2)NC1=O. The summed E-state index contributed by atoms with van der Waals surface area (Å²) in [5.41, 5.74) is 6.59. The topological polar surface area (TPSA) is 55.1 Å². The normalized spacial score (nSPS) is 25.2. The van der Waals surface area contributed by atoms with E-state index in [-0.39, 0.29) is 17.9 Å². The lowest BCUT2D eigenvalue weighted by Gasteiger charge is -2.28. The number of benzene rings is 1. The number of nitrogens with two attached hydrogens (primary N) is 1. The smallest absolute Gasteiger partial charge is 0.224 e. The summed E-state index contributed by atoms with van der Waals surface area (Å²) >= 11 is 5.92. The van der Waals surface area contributed by atoms with Crippen molar-refractivity contribution < 1.29 is 4.79 Å². The molecule has 1 aromatic rings. The molecule has 1 aliphatic heterocycles. The first kappa shape index (κ1) is 11.4. The Hall–Kier alpha value is -1.06. The lowest BCUT2D eigenvalue weighted by molar-refractivity contribution is -0.127. The molecule has 3 nitrogen and oxygen atoms in total. The molecule has 0 aromatic heterocycles. The van der Waals surface area contributed by atoms with Crippen molar-refractivity contribution in [3.05, 3.63) is 34.9 Å². The summed E-state index contributed by atoms with van der Waals surface area (Å²) in [6.45, 7) is 0.425. The lowest BCUT2D eigenvalue weighted by atomic mass is 9.90. The van der Waals surface area contributed by atoms with E-state index in [9.17, 15) is 4.79 Å². The fourth-order valence-corrected chi connectivity index (χ4v) is 2.26. The molecule has 1 saturated heterocycles. The Labute approximate surface area is 100.0 Å². The van der Waals surface area contributed by atoms with Crippen LogP contribution in [0, 0.1) is 5.92 Å². The van der Waals surface area contributed by atoms with E-state index in [1.54, 1.807) is 0 Å². The molecule has 2 rings (SSSR count). The van der Waals surface area contributed by atoms with Crippen molar-refractivity contribution in [2.24, 2.45) is 11.7 Å². The number of piperidine rings is 1. The van der Waals surface area contributed by atoms with Crippen LogP contribution < -0.4 is 11.1 Å². The molecule has 1 aromatic carbocycles. The number of carbonyl (C=O) groups excluding carboxylic acids is 1. The Morgan fingerprint density at radius 3 is 2.88 bits per heavy atom. The summed E-state index contributed by atoms with van der Waals surface area (Å²) in [6, 6.07) is 7.69. The van der Waals surface area contributed by atoms with Crippen LogP contribution in [0.1, 0.15) is 24.4 Å². The molecule has 3 N–H and O–H groups in total. The van der Waals surface area contributed by atoms with E-state index >= 15 is 0 Å². The van der Waals surface area contributed by atoms with Crippen LogP contribution >= 0.6 is 11.6 Å². The van der Waals surface area contributed by atoms with E-state index in [1.807, 2.05) is 24.3 Å². The van der Waals surface area contributed by atoms with Gasteiger partial charge in [-0.1, -0.05) is 23.7 Å². The van der Waals surface area contributed by atoms with Gasteiger partial charge in [-0.3, -0.25) is 4.79 Å². The largest absolute Gasteiger partial charge is 0.349 e. The molecule has 0 bridgehead atoms. The zero-order chi connectivity index (χ0) is 11.5. The van der Waals surface area contributed by atoms with Crippen molar-refractivity contribution >= 4 is 17.5 Å². The predicted octanol–water partition coefficient (Wildman–Crippen LogP) is 1.87. The number of amides is 1. The highest BCUT2D eigenvalue weighted by molar-refractivity contribution is 6.30. The van der Waals surface area contributed by atoms with Gasteiger partial charge in [-0.2, -0.15) is 0 Å². The van der Waals surface area contributed by atoms with Gasteiger partial charge in [0.05, 0.1) is 12.0 Å². The van der Waals surface area contributed by atoms with E-state index in [1.165, 1.54) is 0 Å². The van der Waals surface area contributed by atoms with E-state index in [2.05, 4.69) is 5.32 Å². The van der Waals surface area contributed by atoms with Crippen LogP contribution in [0.15, 0.2) is 24.3 Å². The van der Waals surface area contributed by atoms with Crippen molar-refractivity contribution in [3.63, 3.8) is 0 Å². The summed E-state index contributed by atoms with van der Waals surface area (Å²) in [5.74, 6) is 0.0224. The van der Waals surface area contributed by atoms with Crippen LogP contribution in [-0.4, -0.2) is 12.5 Å². The predicted molar refractivity (Wildman–Crippen MR) is 64.1 cm³/mol. The number of rotatable bonds is 2. The Balaban J connectivity index is 2.10. The summed E-state index contributed by atoms with van der Waals surface area (Å²) in [4.78, 5) is 11.7. The van der Waals surface area contributed by atoms with Gasteiger partial charge >= 0.3 is 0 Å². The molecule has 0 spiro atoms. The summed E-state index contributed by atoms with van der Waals surface area (Å²) in [7, 11) is 0. The molecule has 1 amide bonds. The zero-order valence-corrected chi connectivity index (χ0v) is 9.70. The molecule has 2 unspecified atom stereocenters. The Morgan fingerprint density at radius 2 is 2.25 bits per heavy atom. The number of halogens is 1. The van der Waals surface area contributed by atoms with Gasteiger partial charge in [-0.15, -0.1) is 0 Å². The van der Waals surface area contributed by atoms with Gasteiger partial charge < -0.3 is 11.1 Å². The van der Waals surface area contributed by atoms with Gasteiger partial charge in [0.15, 0.2) is 0 Å². The first-order valence-corrected chi connectivity index (χ1v) is 5.84. The van der Waals surface area contributed by atoms with Crippen molar-refractivity contribution in [1.29, 1.82) is 0 Å². The Bertz CT molecular complexity index is 394. The Kier molecular flexibility index (Phi) is 3.46. The molecule has 0 radical (unpaired) electrons. The van der Waals surface area contributed by atoms with Crippen molar-refractivity contribution in [2.45, 2.75) is 18.9 Å². The van der Waals surface area contributed by atoms with Gasteiger partial charge in [-0.25, -0.2) is 0 Å². The highest BCUT2D eigenvalue weighted by Crippen LogP contribution is 2.27. The standard InChI is InChI=1S/C12H15ClN2O/c13-10-3-1-2-8(6-10)11-5-4-9(7-14)12(16)15-11/h1-3,6,9,11H,4-5,7,14H2,(H,15,16). The molecule has 1 fully saturated rings. The highest BCUT2D eigenvalue weighted by atomic mass is 35.5. The molecule has 16 heavy (non-hydrogen) atoms. The second-order valence-electron chi connectivity index (χ2n) is 4.13. The lowest BCUT2D eigenvalue weighted by Crippen LogP contribution is -2.41. The minimum atomic E-state index is -0.0320. The summed E-state index contributed by atoms with van der Waals surface area (Å²) in [6.07, 6.45) is 1.77. The molecule has 1 aliphatic rings. The highest BCUT2D eigenvalue weighted by Gasteiger charge is 2.27. The fourth-order valence-electron chi connectivity index (χ4n) is 2.06. The number of carbonyl (C=O) groups is 1. The van der Waals surface area contributed by atoms with Crippen LogP contribution in [0.5, 0.6) is 0 Å². The van der Waals surface area contributed by atoms with Crippen LogP contribution in [0.2, 0.25) is 5.02 Å². The molecule has 1 heterocycles. The van der Waals surface area contributed by atoms with Gasteiger partial charge in [0.1, 0.15) is 0 Å². The first-order chi connectivity index (χ1) is 7.70. The second-order valence-corrected chi connectivity index (χ2v) is 4.56. The third-order valence-corrected chi connectivity index (χ3v) is 3.26. The molecule has 0 saturated carbocycles. The number of hydrogen-bond donors (Lipinski definition) is 2. The minimum absolute atomic E-state index is 0.0320. The minimum Gasteiger partial charge on any atom is -0.349 e. The van der Waals surface area contributed by atoms with Crippen molar-refractivity contribution in [1.82, 2.24) is 5.32 Å². The number of nitrogens with one attached hydrogen (secondary N) is 1. The van der Waals surface area contributed by atoms with Gasteiger partial charge in [0.25, 0.3) is 0 Å². The molecular formula is C12H15ClN2O. The molecule has 0 aliphatic carbocycles. The van der Waals surface area contributed by atoms with E-state index in [0.717, 1.165) is 18.4 Å². The van der Waals surface area contributed by atoms with Crippen molar-refractivity contribution in [3.8, 4) is 0 Å². The molecule has 2 atom stereocenters. The van der Waals surface area contributed by atoms with Crippen LogP contribution in [0.25, 0.3) is 0 Å².